The standard InChI is InChI=1S/C23H34N4O8/c1-7-27(21(32)15(11-17(24)29)26-22(33)35-23(3,4)5)19(20(31)25-12-18(30)34-6)14-8-9-16(28)13(2)10-14/h8-10,15,19,28H,7,11-12H2,1-6H3,(H2,24,29)(H,25,31)(H,26,33). The smallest absolute Gasteiger partial charge is 0.408 e. The van der Waals surface area contributed by atoms with Crippen LogP contribution >= 0.6 is 0 Å². The first-order chi connectivity index (χ1) is 16.2. The number of phenolic OH excluding ortho intramolecular Hbond substituents is 1. The number of benzene rings is 1. The molecule has 0 aliphatic carbocycles. The number of aromatic hydroxyl groups is 1. The van der Waals surface area contributed by atoms with Crippen LogP contribution in [-0.2, 0) is 28.7 Å². The molecule has 0 bridgehead atoms. The number of methoxy groups -OCH3 is 1. The summed E-state index contributed by atoms with van der Waals surface area (Å²) in [6.07, 6.45) is -1.49. The Morgan fingerprint density at radius 1 is 1.17 bits per heavy atom. The molecule has 4 amide bonds. The van der Waals surface area contributed by atoms with Crippen molar-refractivity contribution >= 4 is 29.8 Å². The van der Waals surface area contributed by atoms with Crippen molar-refractivity contribution in [3.63, 3.8) is 0 Å². The first kappa shape index (κ1) is 29.2. The number of carbonyl (C=O) groups excluding carboxylic acids is 5. The second-order valence-electron chi connectivity index (χ2n) is 8.74. The van der Waals surface area contributed by atoms with Gasteiger partial charge < -0.3 is 35.8 Å². The number of ether oxygens (including phenoxy) is 2. The topological polar surface area (TPSA) is 177 Å². The Hall–Kier alpha value is -3.83. The molecule has 0 aliphatic heterocycles. The molecule has 2 atom stereocenters. The summed E-state index contributed by atoms with van der Waals surface area (Å²) in [7, 11) is 1.16. The number of nitrogens with one attached hydrogen (secondary N) is 2. The number of amides is 4. The molecule has 2 unspecified atom stereocenters. The number of aryl methyl sites for hydroxylation is 1. The highest BCUT2D eigenvalue weighted by Gasteiger charge is 2.36. The SMILES string of the molecule is CCN(C(=O)C(CC(N)=O)NC(=O)OC(C)(C)C)C(C(=O)NCC(=O)OC)c1ccc(O)c(C)c1. The van der Waals surface area contributed by atoms with Crippen molar-refractivity contribution in [2.24, 2.45) is 5.73 Å². The number of nitrogens with two attached hydrogens (primary N) is 1. The number of rotatable bonds is 10. The minimum absolute atomic E-state index is 0.0136. The van der Waals surface area contributed by atoms with Crippen molar-refractivity contribution in [3.8, 4) is 5.75 Å². The van der Waals surface area contributed by atoms with Crippen LogP contribution in [-0.4, -0.2) is 71.6 Å². The van der Waals surface area contributed by atoms with E-state index < -0.39 is 60.4 Å². The first-order valence-corrected chi connectivity index (χ1v) is 10.9. The summed E-state index contributed by atoms with van der Waals surface area (Å²) >= 11 is 0. The van der Waals surface area contributed by atoms with Crippen molar-refractivity contribution in [1.29, 1.82) is 0 Å². The zero-order chi connectivity index (χ0) is 26.9. The number of hydrogen-bond acceptors (Lipinski definition) is 8. The fourth-order valence-electron chi connectivity index (χ4n) is 3.17. The number of nitrogens with zero attached hydrogens (tertiary/aromatic N) is 1. The van der Waals surface area contributed by atoms with E-state index in [0.717, 1.165) is 12.0 Å². The number of carbonyl (C=O) groups is 5. The molecule has 0 radical (unpaired) electrons. The maximum atomic E-state index is 13.5. The molecule has 35 heavy (non-hydrogen) atoms. The van der Waals surface area contributed by atoms with Crippen molar-refractivity contribution in [2.45, 2.75) is 58.7 Å². The molecule has 5 N–H and O–H groups in total. The van der Waals surface area contributed by atoms with E-state index in [0.29, 0.717) is 11.1 Å². The van der Waals surface area contributed by atoms with Gasteiger partial charge >= 0.3 is 12.1 Å². The molecule has 0 saturated heterocycles. The van der Waals surface area contributed by atoms with Crippen LogP contribution in [0.4, 0.5) is 4.79 Å². The predicted molar refractivity (Wildman–Crippen MR) is 125 cm³/mol. The van der Waals surface area contributed by atoms with E-state index in [9.17, 15) is 29.1 Å². The number of hydrogen-bond donors (Lipinski definition) is 4. The fourth-order valence-corrected chi connectivity index (χ4v) is 3.17. The third-order valence-corrected chi connectivity index (χ3v) is 4.75. The fraction of sp³-hybridized carbons (Fsp3) is 0.522. The molecule has 0 spiro atoms. The van der Waals surface area contributed by atoms with Crippen LogP contribution in [0.15, 0.2) is 18.2 Å². The Kier molecular flexibility index (Phi) is 10.5. The second-order valence-corrected chi connectivity index (χ2v) is 8.74. The largest absolute Gasteiger partial charge is 0.508 e. The summed E-state index contributed by atoms with van der Waals surface area (Å²) < 4.78 is 9.72. The molecule has 0 heterocycles. The molecule has 0 fully saturated rings. The highest BCUT2D eigenvalue weighted by molar-refractivity contribution is 5.95. The maximum Gasteiger partial charge on any atom is 0.408 e. The van der Waals surface area contributed by atoms with Gasteiger partial charge in [-0.2, -0.15) is 0 Å². The Morgan fingerprint density at radius 3 is 2.29 bits per heavy atom. The van der Waals surface area contributed by atoms with Gasteiger partial charge in [-0.15, -0.1) is 0 Å². The Labute approximate surface area is 204 Å². The van der Waals surface area contributed by atoms with Gasteiger partial charge in [0, 0.05) is 6.54 Å². The zero-order valence-corrected chi connectivity index (χ0v) is 20.8. The van der Waals surface area contributed by atoms with Crippen LogP contribution in [0, 0.1) is 6.92 Å². The average Bonchev–Trinajstić information content (AvgIpc) is 2.74. The number of phenols is 1. The summed E-state index contributed by atoms with van der Waals surface area (Å²) in [5.74, 6) is -3.07. The minimum atomic E-state index is -1.42. The highest BCUT2D eigenvalue weighted by Crippen LogP contribution is 2.27. The molecule has 1 rings (SSSR count). The van der Waals surface area contributed by atoms with Crippen LogP contribution in [0.1, 0.15) is 51.3 Å². The summed E-state index contributed by atoms with van der Waals surface area (Å²) in [6, 6.07) is 1.63. The lowest BCUT2D eigenvalue weighted by Crippen LogP contribution is -2.54. The normalized spacial score (nSPS) is 12.6. The van der Waals surface area contributed by atoms with Gasteiger partial charge in [-0.1, -0.05) is 6.07 Å². The molecule has 1 aromatic rings. The van der Waals surface area contributed by atoms with E-state index in [1.807, 2.05) is 0 Å². The Balaban J connectivity index is 3.40. The van der Waals surface area contributed by atoms with Gasteiger partial charge in [-0.25, -0.2) is 4.79 Å². The van der Waals surface area contributed by atoms with E-state index in [-0.39, 0.29) is 12.3 Å². The highest BCUT2D eigenvalue weighted by atomic mass is 16.6. The maximum absolute atomic E-state index is 13.5. The molecule has 0 saturated carbocycles. The molecule has 1 aromatic carbocycles. The van der Waals surface area contributed by atoms with Crippen LogP contribution in [0.5, 0.6) is 5.75 Å². The summed E-state index contributed by atoms with van der Waals surface area (Å²) in [5, 5.41) is 14.7. The van der Waals surface area contributed by atoms with Gasteiger partial charge in [0.1, 0.15) is 30.0 Å². The van der Waals surface area contributed by atoms with Crippen LogP contribution < -0.4 is 16.4 Å². The van der Waals surface area contributed by atoms with Gasteiger partial charge in [-0.05, 0) is 57.9 Å². The minimum Gasteiger partial charge on any atom is -0.508 e. The summed E-state index contributed by atoms with van der Waals surface area (Å²) in [5.41, 5.74) is 5.20. The molecule has 12 nitrogen and oxygen atoms in total. The Morgan fingerprint density at radius 2 is 1.80 bits per heavy atom. The van der Waals surface area contributed by atoms with Crippen molar-refractivity contribution in [2.75, 3.05) is 20.2 Å². The van der Waals surface area contributed by atoms with Crippen molar-refractivity contribution < 1.29 is 38.6 Å². The molecule has 194 valence electrons. The van der Waals surface area contributed by atoms with E-state index in [1.54, 1.807) is 34.6 Å². The van der Waals surface area contributed by atoms with E-state index in [1.165, 1.54) is 18.2 Å². The predicted octanol–water partition coefficient (Wildman–Crippen LogP) is 0.648. The average molecular weight is 495 g/mol. The number of alkyl carbamates (subject to hydrolysis) is 1. The van der Waals surface area contributed by atoms with E-state index >= 15 is 0 Å². The van der Waals surface area contributed by atoms with Crippen molar-refractivity contribution in [1.82, 2.24) is 15.5 Å². The molecule has 12 heteroatoms. The van der Waals surface area contributed by atoms with Gasteiger partial charge in [0.15, 0.2) is 0 Å². The molecular formula is C23H34N4O8. The summed E-state index contributed by atoms with van der Waals surface area (Å²) in [4.78, 5) is 63.3. The molecule has 0 aromatic heterocycles. The second kappa shape index (κ2) is 12.6. The third kappa shape index (κ3) is 9.14. The van der Waals surface area contributed by atoms with Crippen molar-refractivity contribution in [3.05, 3.63) is 29.3 Å². The Bertz CT molecular complexity index is 957. The number of primary amides is 1. The van der Waals surface area contributed by atoms with Crippen LogP contribution in [0.25, 0.3) is 0 Å². The van der Waals surface area contributed by atoms with Crippen LogP contribution in [0.3, 0.4) is 0 Å². The quantitative estimate of drug-likeness (QED) is 0.342. The van der Waals surface area contributed by atoms with Crippen LogP contribution in [0.2, 0.25) is 0 Å². The lowest BCUT2D eigenvalue weighted by Gasteiger charge is -2.33. The van der Waals surface area contributed by atoms with Gasteiger partial charge in [-0.3, -0.25) is 19.2 Å². The van der Waals surface area contributed by atoms with Gasteiger partial charge in [0.2, 0.25) is 17.7 Å². The number of likely N-dealkylation sites (N-methyl/N-ethyl adjacent to an activating group) is 1. The van der Waals surface area contributed by atoms with E-state index in [2.05, 4.69) is 15.4 Å². The van der Waals surface area contributed by atoms with E-state index in [4.69, 9.17) is 10.5 Å². The van der Waals surface area contributed by atoms with Gasteiger partial charge in [0.05, 0.1) is 13.5 Å². The lowest BCUT2D eigenvalue weighted by atomic mass is 10.00. The van der Waals surface area contributed by atoms with Gasteiger partial charge in [0.25, 0.3) is 0 Å². The molecule has 0 aliphatic rings. The zero-order valence-electron chi connectivity index (χ0n) is 20.8. The summed E-state index contributed by atoms with van der Waals surface area (Å²) in [6.45, 7) is 7.64. The third-order valence-electron chi connectivity index (χ3n) is 4.75. The lowest BCUT2D eigenvalue weighted by molar-refractivity contribution is -0.145. The number of esters is 1. The molecular weight excluding hydrogens is 460 g/mol. The monoisotopic (exact) mass is 494 g/mol. The first-order valence-electron chi connectivity index (χ1n) is 10.9.